The van der Waals surface area contributed by atoms with Crippen molar-refractivity contribution < 1.29 is 36.9 Å². The quantitative estimate of drug-likeness (QED) is 0.658. The molecule has 4 nitrogen and oxygen atoms in total. The normalized spacial score (nSPS) is 11.3. The molecule has 0 aliphatic heterocycles. The van der Waals surface area contributed by atoms with Crippen LogP contribution in [-0.2, 0) is 4.74 Å². The molecule has 0 saturated carbocycles. The van der Waals surface area contributed by atoms with Crippen LogP contribution in [0.5, 0.6) is 5.75 Å². The summed E-state index contributed by atoms with van der Waals surface area (Å²) in [7, 11) is 0. The Kier molecular flexibility index (Phi) is 4.49. The molecule has 0 saturated heterocycles. The maximum atomic E-state index is 13.1. The lowest BCUT2D eigenvalue weighted by molar-refractivity contribution is -0.325. The maximum absolute atomic E-state index is 13.1. The third kappa shape index (κ3) is 4.21. The Labute approximate surface area is 98.7 Å². The van der Waals surface area contributed by atoms with Crippen LogP contribution >= 0.6 is 0 Å². The number of carbonyl (C=O) groups is 1. The average Bonchev–Trinajstić information content (AvgIpc) is 2.22. The Morgan fingerprint density at radius 1 is 1.28 bits per heavy atom. The summed E-state index contributed by atoms with van der Waals surface area (Å²) < 4.78 is 56.1. The first-order valence-corrected chi connectivity index (χ1v) is 4.66. The van der Waals surface area contributed by atoms with Gasteiger partial charge in [-0.1, -0.05) is 6.07 Å². The van der Waals surface area contributed by atoms with E-state index in [-0.39, 0.29) is 5.75 Å². The van der Waals surface area contributed by atoms with Crippen LogP contribution in [0, 0.1) is 5.82 Å². The van der Waals surface area contributed by atoms with E-state index < -0.39 is 36.9 Å². The van der Waals surface area contributed by atoms with Crippen molar-refractivity contribution >= 4 is 5.97 Å². The second-order valence-electron chi connectivity index (χ2n) is 3.06. The van der Waals surface area contributed by atoms with Gasteiger partial charge in [-0.3, -0.25) is 4.74 Å². The van der Waals surface area contributed by atoms with Gasteiger partial charge in [0.15, 0.2) is 0 Å². The zero-order valence-electron chi connectivity index (χ0n) is 8.83. The molecule has 1 aromatic carbocycles. The van der Waals surface area contributed by atoms with Crippen LogP contribution in [0.3, 0.4) is 0 Å². The van der Waals surface area contributed by atoms with Gasteiger partial charge in [0, 0.05) is 0 Å². The molecular weight excluding hydrogens is 260 g/mol. The number of hydrogen-bond donors (Lipinski definition) is 1. The van der Waals surface area contributed by atoms with Crippen molar-refractivity contribution in [1.82, 2.24) is 0 Å². The Balaban J connectivity index is 2.63. The third-order valence-corrected chi connectivity index (χ3v) is 1.80. The highest BCUT2D eigenvalue weighted by molar-refractivity contribution is 5.91. The van der Waals surface area contributed by atoms with E-state index in [1.54, 1.807) is 0 Å². The molecule has 0 heterocycles. The summed E-state index contributed by atoms with van der Waals surface area (Å²) in [6, 6.07) is 3.23. The van der Waals surface area contributed by atoms with Crippen LogP contribution in [0.1, 0.15) is 10.4 Å². The first-order valence-electron chi connectivity index (χ1n) is 4.66. The van der Waals surface area contributed by atoms with E-state index in [2.05, 4.69) is 4.74 Å². The predicted molar refractivity (Wildman–Crippen MR) is 50.9 cm³/mol. The van der Waals surface area contributed by atoms with Crippen LogP contribution in [0.25, 0.3) is 0 Å². The van der Waals surface area contributed by atoms with Gasteiger partial charge in [-0.15, -0.1) is 13.2 Å². The molecule has 0 aromatic heterocycles. The third-order valence-electron chi connectivity index (χ3n) is 1.80. The van der Waals surface area contributed by atoms with E-state index >= 15 is 0 Å². The number of ether oxygens (including phenoxy) is 2. The van der Waals surface area contributed by atoms with Crippen LogP contribution in [0.4, 0.5) is 17.6 Å². The second kappa shape index (κ2) is 5.67. The molecule has 0 aliphatic carbocycles. The largest absolute Gasteiger partial charge is 0.522 e. The number of alkyl halides is 3. The lowest BCUT2D eigenvalue weighted by atomic mass is 10.2. The van der Waals surface area contributed by atoms with Gasteiger partial charge in [-0.2, -0.15) is 0 Å². The van der Waals surface area contributed by atoms with Gasteiger partial charge in [-0.05, 0) is 12.1 Å². The van der Waals surface area contributed by atoms with Crippen LogP contribution in [0.15, 0.2) is 18.2 Å². The Morgan fingerprint density at radius 3 is 2.50 bits per heavy atom. The standard InChI is InChI=1S/C10H8F4O4/c11-6-2-1-3-7(8(6)9(15)16)17-4-5-18-10(12,13)14/h1-3H,4-5H2,(H,15,16). The highest BCUT2D eigenvalue weighted by Crippen LogP contribution is 2.22. The first kappa shape index (κ1) is 14.2. The van der Waals surface area contributed by atoms with Crippen molar-refractivity contribution in [3.05, 3.63) is 29.6 Å². The molecule has 0 aliphatic rings. The Morgan fingerprint density at radius 2 is 1.94 bits per heavy atom. The predicted octanol–water partition coefficient (Wildman–Crippen LogP) is 2.44. The van der Waals surface area contributed by atoms with E-state index in [1.165, 1.54) is 6.07 Å². The van der Waals surface area contributed by atoms with Crippen LogP contribution in [-0.4, -0.2) is 30.7 Å². The molecule has 8 heteroatoms. The molecule has 0 unspecified atom stereocenters. The molecule has 0 radical (unpaired) electrons. The zero-order valence-corrected chi connectivity index (χ0v) is 8.83. The Hall–Kier alpha value is -1.83. The molecule has 1 N–H and O–H groups in total. The molecular formula is C10H8F4O4. The highest BCUT2D eigenvalue weighted by Gasteiger charge is 2.28. The van der Waals surface area contributed by atoms with Crippen molar-refractivity contribution in [3.63, 3.8) is 0 Å². The highest BCUT2D eigenvalue weighted by atomic mass is 19.4. The lowest BCUT2D eigenvalue weighted by Crippen LogP contribution is -2.18. The van der Waals surface area contributed by atoms with Crippen molar-refractivity contribution in [2.24, 2.45) is 0 Å². The van der Waals surface area contributed by atoms with Gasteiger partial charge >= 0.3 is 12.3 Å². The summed E-state index contributed by atoms with van der Waals surface area (Å²) in [6.45, 7) is -1.37. The number of hydrogen-bond acceptors (Lipinski definition) is 3. The molecule has 18 heavy (non-hydrogen) atoms. The topological polar surface area (TPSA) is 55.8 Å². The monoisotopic (exact) mass is 268 g/mol. The minimum atomic E-state index is -4.79. The molecule has 0 spiro atoms. The number of carboxylic acid groups (broad SMARTS) is 1. The summed E-state index contributed by atoms with van der Waals surface area (Å²) in [5.74, 6) is -2.95. The molecule has 1 rings (SSSR count). The van der Waals surface area contributed by atoms with E-state index in [4.69, 9.17) is 9.84 Å². The van der Waals surface area contributed by atoms with Crippen LogP contribution < -0.4 is 4.74 Å². The van der Waals surface area contributed by atoms with Gasteiger partial charge < -0.3 is 9.84 Å². The zero-order chi connectivity index (χ0) is 13.8. The second-order valence-corrected chi connectivity index (χ2v) is 3.06. The number of halogens is 4. The van der Waals surface area contributed by atoms with E-state index in [9.17, 15) is 22.4 Å². The maximum Gasteiger partial charge on any atom is 0.522 e. The van der Waals surface area contributed by atoms with Crippen molar-refractivity contribution in [3.8, 4) is 5.75 Å². The minimum absolute atomic E-state index is 0.353. The van der Waals surface area contributed by atoms with Gasteiger partial charge in [0.05, 0.1) is 6.61 Å². The molecule has 0 fully saturated rings. The Bertz CT molecular complexity index is 430. The minimum Gasteiger partial charge on any atom is -0.490 e. The SMILES string of the molecule is O=C(O)c1c(F)cccc1OCCOC(F)(F)F. The van der Waals surface area contributed by atoms with Crippen molar-refractivity contribution in [1.29, 1.82) is 0 Å². The fourth-order valence-electron chi connectivity index (χ4n) is 1.14. The van der Waals surface area contributed by atoms with Crippen LogP contribution in [0.2, 0.25) is 0 Å². The van der Waals surface area contributed by atoms with Gasteiger partial charge in [0.2, 0.25) is 0 Å². The molecule has 0 bridgehead atoms. The van der Waals surface area contributed by atoms with E-state index in [0.29, 0.717) is 0 Å². The summed E-state index contributed by atoms with van der Waals surface area (Å²) in [5, 5.41) is 8.70. The number of aromatic carboxylic acids is 1. The average molecular weight is 268 g/mol. The van der Waals surface area contributed by atoms with Crippen molar-refractivity contribution in [2.75, 3.05) is 13.2 Å². The van der Waals surface area contributed by atoms with E-state index in [0.717, 1.165) is 12.1 Å². The van der Waals surface area contributed by atoms with E-state index in [1.807, 2.05) is 0 Å². The lowest BCUT2D eigenvalue weighted by Gasteiger charge is -2.11. The smallest absolute Gasteiger partial charge is 0.490 e. The van der Waals surface area contributed by atoms with Gasteiger partial charge in [0.25, 0.3) is 0 Å². The fourth-order valence-corrected chi connectivity index (χ4v) is 1.14. The number of carboxylic acids is 1. The summed E-state index contributed by atoms with van der Waals surface area (Å²) in [4.78, 5) is 10.7. The first-order chi connectivity index (χ1) is 8.31. The fraction of sp³-hybridized carbons (Fsp3) is 0.300. The summed E-state index contributed by atoms with van der Waals surface area (Å²) >= 11 is 0. The number of benzene rings is 1. The summed E-state index contributed by atoms with van der Waals surface area (Å²) in [5.41, 5.74) is -0.732. The number of rotatable bonds is 5. The van der Waals surface area contributed by atoms with Gasteiger partial charge in [-0.25, -0.2) is 9.18 Å². The van der Waals surface area contributed by atoms with Gasteiger partial charge in [0.1, 0.15) is 23.7 Å². The molecule has 0 amide bonds. The molecule has 100 valence electrons. The molecule has 1 aromatic rings. The molecule has 0 atom stereocenters. The summed E-state index contributed by atoms with van der Waals surface area (Å²) in [6.07, 6.45) is -4.79. The van der Waals surface area contributed by atoms with Crippen molar-refractivity contribution in [2.45, 2.75) is 6.36 Å².